The average Bonchev–Trinajstić information content (AvgIpc) is 2.91. The molecule has 6 heteroatoms. The van der Waals surface area contributed by atoms with E-state index in [2.05, 4.69) is 52.1 Å². The number of hydrogen-bond donors (Lipinski definition) is 3. The zero-order chi connectivity index (χ0) is 28.6. The van der Waals surface area contributed by atoms with E-state index in [1.807, 2.05) is 42.0 Å². The minimum Gasteiger partial charge on any atom is -0.356 e. The number of unbranched alkanes of at least 4 members (excludes halogenated alkanes) is 8. The molecule has 0 aliphatic rings. The van der Waals surface area contributed by atoms with Crippen molar-refractivity contribution in [2.24, 2.45) is 11.8 Å². The van der Waals surface area contributed by atoms with Gasteiger partial charge in [0.05, 0.1) is 11.8 Å². The Bertz CT molecular complexity index is 965. The fourth-order valence-electron chi connectivity index (χ4n) is 5.35. The Balaban J connectivity index is 2.28. The van der Waals surface area contributed by atoms with Crippen LogP contribution in [0.25, 0.3) is 0 Å². The maximum atomic E-state index is 14.1. The first kappa shape index (κ1) is 32.5. The molecule has 0 spiro atoms. The Morgan fingerprint density at radius 2 is 1.31 bits per heavy atom. The van der Waals surface area contributed by atoms with E-state index in [0.717, 1.165) is 41.6 Å². The minimum atomic E-state index is -0.707. The van der Waals surface area contributed by atoms with Gasteiger partial charge in [0.1, 0.15) is 0 Å². The molecule has 2 rings (SSSR count). The van der Waals surface area contributed by atoms with Crippen LogP contribution >= 0.6 is 0 Å². The number of benzene rings is 2. The van der Waals surface area contributed by atoms with E-state index in [-0.39, 0.29) is 17.7 Å². The van der Waals surface area contributed by atoms with Gasteiger partial charge in [0.2, 0.25) is 5.91 Å². The highest BCUT2D eigenvalue weighted by Gasteiger charge is 2.36. The molecule has 4 N–H and O–H groups in total. The molecule has 0 bridgehead atoms. The lowest BCUT2D eigenvalue weighted by Gasteiger charge is -2.27. The second kappa shape index (κ2) is 17.8. The number of hydrazine groups is 1. The standard InChI is InChI=1S/C33H51N3O3/c1-6-7-8-9-10-11-12-13-17-21-29(33(38)39-36-34)30(26-19-15-14-16-20-26)32(37)35-31-27(24(2)3)22-18-23-28(31)25(4)5/h14-16,18-20,22-25,29-30,36H,6-13,17,21,34H2,1-5H3,(H,35,37). The summed E-state index contributed by atoms with van der Waals surface area (Å²) in [5, 5.41) is 3.25. The summed E-state index contributed by atoms with van der Waals surface area (Å²) in [6.07, 6.45) is 11.2. The van der Waals surface area contributed by atoms with Crippen LogP contribution in [0.5, 0.6) is 0 Å². The maximum absolute atomic E-state index is 14.1. The van der Waals surface area contributed by atoms with Gasteiger partial charge >= 0.3 is 5.97 Å². The van der Waals surface area contributed by atoms with E-state index in [9.17, 15) is 9.59 Å². The van der Waals surface area contributed by atoms with E-state index in [4.69, 9.17) is 10.7 Å². The highest BCUT2D eigenvalue weighted by molar-refractivity contribution is 6.00. The van der Waals surface area contributed by atoms with Gasteiger partial charge in [-0.2, -0.15) is 0 Å². The number of carbonyl (C=O) groups excluding carboxylic acids is 2. The van der Waals surface area contributed by atoms with Gasteiger partial charge in [-0.05, 0) is 34.9 Å². The summed E-state index contributed by atoms with van der Waals surface area (Å²) in [6, 6.07) is 15.7. The van der Waals surface area contributed by atoms with Gasteiger partial charge in [0.25, 0.3) is 0 Å². The van der Waals surface area contributed by atoms with Crippen LogP contribution in [0.4, 0.5) is 5.69 Å². The van der Waals surface area contributed by atoms with Crippen molar-refractivity contribution >= 4 is 17.6 Å². The molecule has 216 valence electrons. The van der Waals surface area contributed by atoms with Crippen molar-refractivity contribution in [3.8, 4) is 0 Å². The quantitative estimate of drug-likeness (QED) is 0.101. The van der Waals surface area contributed by atoms with E-state index >= 15 is 0 Å². The molecular formula is C33H51N3O3. The van der Waals surface area contributed by atoms with Gasteiger partial charge in [-0.25, -0.2) is 10.6 Å². The SMILES string of the molecule is CCCCCCCCCCCC(C(=O)ONN)C(C(=O)Nc1c(C(C)C)cccc1C(C)C)c1ccccc1. The average molecular weight is 538 g/mol. The molecule has 2 aromatic rings. The Labute approximate surface area is 236 Å². The highest BCUT2D eigenvalue weighted by atomic mass is 16.7. The molecule has 6 nitrogen and oxygen atoms in total. The van der Waals surface area contributed by atoms with Crippen molar-refractivity contribution in [3.05, 3.63) is 65.2 Å². The molecule has 2 unspecified atom stereocenters. The summed E-state index contributed by atoms with van der Waals surface area (Å²) >= 11 is 0. The van der Waals surface area contributed by atoms with Crippen molar-refractivity contribution < 1.29 is 14.4 Å². The third-order valence-electron chi connectivity index (χ3n) is 7.55. The molecule has 2 aromatic carbocycles. The van der Waals surface area contributed by atoms with Gasteiger partial charge in [0.15, 0.2) is 0 Å². The van der Waals surface area contributed by atoms with E-state index < -0.39 is 17.8 Å². The lowest BCUT2D eigenvalue weighted by molar-refractivity contribution is -0.158. The third kappa shape index (κ3) is 10.4. The summed E-state index contributed by atoms with van der Waals surface area (Å²) in [5.74, 6) is 3.75. The van der Waals surface area contributed by atoms with Crippen molar-refractivity contribution in [1.29, 1.82) is 0 Å². The fraction of sp³-hybridized carbons (Fsp3) is 0.576. The second-order valence-corrected chi connectivity index (χ2v) is 11.3. The zero-order valence-electron chi connectivity index (χ0n) is 24.8. The van der Waals surface area contributed by atoms with Gasteiger partial charge in [-0.3, -0.25) is 4.79 Å². The lowest BCUT2D eigenvalue weighted by atomic mass is 9.81. The van der Waals surface area contributed by atoms with Crippen LogP contribution in [-0.4, -0.2) is 11.9 Å². The number of hydrogen-bond acceptors (Lipinski definition) is 5. The molecule has 0 aliphatic heterocycles. The van der Waals surface area contributed by atoms with Crippen LogP contribution in [0.1, 0.15) is 133 Å². The first-order valence-corrected chi connectivity index (χ1v) is 15.0. The zero-order valence-corrected chi connectivity index (χ0v) is 24.8. The normalized spacial score (nSPS) is 12.9. The summed E-state index contributed by atoms with van der Waals surface area (Å²) in [6.45, 7) is 10.7. The molecule has 0 aliphatic carbocycles. The maximum Gasteiger partial charge on any atom is 0.330 e. The van der Waals surface area contributed by atoms with Gasteiger partial charge in [-0.15, -0.1) is 0 Å². The first-order chi connectivity index (χ1) is 18.8. The smallest absolute Gasteiger partial charge is 0.330 e. The molecule has 0 saturated heterocycles. The lowest BCUT2D eigenvalue weighted by Crippen LogP contribution is -2.37. The topological polar surface area (TPSA) is 93.4 Å². The van der Waals surface area contributed by atoms with Crippen molar-refractivity contribution in [2.75, 3.05) is 5.32 Å². The van der Waals surface area contributed by atoms with Crippen molar-refractivity contribution in [2.45, 2.75) is 117 Å². The number of nitrogens with one attached hydrogen (secondary N) is 2. The van der Waals surface area contributed by atoms with E-state index in [1.54, 1.807) is 0 Å². The van der Waals surface area contributed by atoms with Crippen LogP contribution in [0.15, 0.2) is 48.5 Å². The first-order valence-electron chi connectivity index (χ1n) is 15.0. The Kier molecular flexibility index (Phi) is 14.8. The Morgan fingerprint density at radius 1 is 0.769 bits per heavy atom. The van der Waals surface area contributed by atoms with Crippen LogP contribution < -0.4 is 16.7 Å². The predicted molar refractivity (Wildman–Crippen MR) is 161 cm³/mol. The number of anilines is 1. The molecule has 0 radical (unpaired) electrons. The Morgan fingerprint density at radius 3 is 1.82 bits per heavy atom. The molecule has 0 aromatic heterocycles. The predicted octanol–water partition coefficient (Wildman–Crippen LogP) is 8.11. The van der Waals surface area contributed by atoms with Gasteiger partial charge in [-0.1, -0.05) is 147 Å². The third-order valence-corrected chi connectivity index (χ3v) is 7.55. The van der Waals surface area contributed by atoms with Crippen LogP contribution in [-0.2, 0) is 14.4 Å². The fourth-order valence-corrected chi connectivity index (χ4v) is 5.35. The largest absolute Gasteiger partial charge is 0.356 e. The van der Waals surface area contributed by atoms with Gasteiger partial charge < -0.3 is 10.2 Å². The second-order valence-electron chi connectivity index (χ2n) is 11.3. The van der Waals surface area contributed by atoms with Crippen molar-refractivity contribution in [3.63, 3.8) is 0 Å². The summed E-state index contributed by atoms with van der Waals surface area (Å²) in [4.78, 5) is 32.4. The van der Waals surface area contributed by atoms with E-state index in [0.29, 0.717) is 6.42 Å². The summed E-state index contributed by atoms with van der Waals surface area (Å²) in [7, 11) is 0. The molecular weight excluding hydrogens is 486 g/mol. The molecule has 2 atom stereocenters. The molecule has 39 heavy (non-hydrogen) atoms. The number of amides is 1. The van der Waals surface area contributed by atoms with Crippen LogP contribution in [0.3, 0.4) is 0 Å². The number of para-hydroxylation sites is 1. The monoisotopic (exact) mass is 537 g/mol. The minimum absolute atomic E-state index is 0.203. The molecule has 0 heterocycles. The molecule has 0 saturated carbocycles. The number of rotatable bonds is 18. The van der Waals surface area contributed by atoms with Gasteiger partial charge in [0, 0.05) is 5.69 Å². The Hall–Kier alpha value is -2.70. The summed E-state index contributed by atoms with van der Waals surface area (Å²) in [5.41, 5.74) is 5.85. The molecule has 0 fully saturated rings. The van der Waals surface area contributed by atoms with E-state index in [1.165, 1.54) is 38.5 Å². The molecule has 1 amide bonds. The number of carbonyl (C=O) groups is 2. The number of nitrogens with two attached hydrogens (primary N) is 1. The van der Waals surface area contributed by atoms with Crippen LogP contribution in [0, 0.1) is 5.92 Å². The van der Waals surface area contributed by atoms with Crippen molar-refractivity contribution in [1.82, 2.24) is 5.59 Å². The van der Waals surface area contributed by atoms with Crippen LogP contribution in [0.2, 0.25) is 0 Å². The summed E-state index contributed by atoms with van der Waals surface area (Å²) < 4.78 is 0. The highest BCUT2D eigenvalue weighted by Crippen LogP contribution is 2.36.